The summed E-state index contributed by atoms with van der Waals surface area (Å²) in [6.07, 6.45) is 4.67. The van der Waals surface area contributed by atoms with E-state index >= 15 is 0 Å². The van der Waals surface area contributed by atoms with Gasteiger partial charge < -0.3 is 15.0 Å². The van der Waals surface area contributed by atoms with E-state index in [9.17, 15) is 4.79 Å². The van der Waals surface area contributed by atoms with Gasteiger partial charge in [0.1, 0.15) is 5.75 Å². The van der Waals surface area contributed by atoms with E-state index in [0.29, 0.717) is 5.75 Å². The Morgan fingerprint density at radius 1 is 0.683 bits per heavy atom. The zero-order valence-electron chi connectivity index (χ0n) is 22.2. The van der Waals surface area contributed by atoms with Gasteiger partial charge in [0.2, 0.25) is 0 Å². The van der Waals surface area contributed by atoms with Crippen molar-refractivity contribution in [1.29, 1.82) is 5.41 Å². The average molecular weight is 647 g/mol. The molecule has 5 aromatic rings. The molecule has 0 aliphatic rings. The fourth-order valence-electron chi connectivity index (χ4n) is 4.45. The lowest BCUT2D eigenvalue weighted by Gasteiger charge is -2.25. The lowest BCUT2D eigenvalue weighted by molar-refractivity contribution is -0.128. The van der Waals surface area contributed by atoms with Crippen molar-refractivity contribution in [2.45, 2.75) is 0 Å². The van der Waals surface area contributed by atoms with E-state index in [4.69, 9.17) is 10.1 Å². The number of halogens is 1. The van der Waals surface area contributed by atoms with Gasteiger partial charge in [-0.05, 0) is 117 Å². The largest absolute Gasteiger partial charge is 0.423 e. The summed E-state index contributed by atoms with van der Waals surface area (Å²) >= 11 is 2.32. The normalized spacial score (nSPS) is 11.0. The maximum atomic E-state index is 11.6. The molecule has 0 aliphatic heterocycles. The fourth-order valence-corrected chi connectivity index (χ4v) is 4.81. The fraction of sp³-hybridized carbons (Fsp3) is 0. The van der Waals surface area contributed by atoms with E-state index in [-0.39, 0.29) is 0 Å². The molecule has 0 saturated heterocycles. The molecule has 4 nitrogen and oxygen atoms in total. The van der Waals surface area contributed by atoms with Gasteiger partial charge in [0.25, 0.3) is 0 Å². The van der Waals surface area contributed by atoms with Crippen molar-refractivity contribution in [3.05, 3.63) is 166 Å². The third-order valence-corrected chi connectivity index (χ3v) is 7.22. The van der Waals surface area contributed by atoms with Gasteiger partial charge in [0, 0.05) is 32.9 Å². The topological polar surface area (TPSA) is 53.4 Å². The number of rotatable bonds is 9. The monoisotopic (exact) mass is 646 g/mol. The Kier molecular flexibility index (Phi) is 8.86. The van der Waals surface area contributed by atoms with Gasteiger partial charge in [-0.15, -0.1) is 0 Å². The summed E-state index contributed by atoms with van der Waals surface area (Å²) in [5.74, 6) is -0.0126. The van der Waals surface area contributed by atoms with Crippen LogP contribution >= 0.6 is 22.6 Å². The van der Waals surface area contributed by atoms with Crippen LogP contribution in [0.3, 0.4) is 0 Å². The predicted octanol–water partition coefficient (Wildman–Crippen LogP) is 9.44. The van der Waals surface area contributed by atoms with Crippen LogP contribution in [0.2, 0.25) is 0 Å². The summed E-state index contributed by atoms with van der Waals surface area (Å²) in [5, 5.41) is 7.55. The number of esters is 1. The molecule has 5 aromatic carbocycles. The molecule has 0 bridgehead atoms. The number of nitrogens with one attached hydrogen (secondary N) is 1. The zero-order valence-corrected chi connectivity index (χ0v) is 24.4. The van der Waals surface area contributed by atoms with Crippen LogP contribution in [0.1, 0.15) is 22.3 Å². The van der Waals surface area contributed by atoms with Crippen molar-refractivity contribution in [1.82, 2.24) is 0 Å². The minimum absolute atomic E-state index is 0.472. The lowest BCUT2D eigenvalue weighted by Crippen LogP contribution is -2.10. The first-order chi connectivity index (χ1) is 20.0. The Morgan fingerprint density at radius 2 is 1.20 bits per heavy atom. The Hall–Kier alpha value is -4.75. The van der Waals surface area contributed by atoms with Crippen molar-refractivity contribution >= 4 is 63.5 Å². The molecule has 0 amide bonds. The molecule has 5 heteroatoms. The molecule has 41 heavy (non-hydrogen) atoms. The van der Waals surface area contributed by atoms with Crippen LogP contribution in [0.5, 0.6) is 5.75 Å². The van der Waals surface area contributed by atoms with Gasteiger partial charge in [-0.1, -0.05) is 73.3 Å². The molecule has 0 heterocycles. The van der Waals surface area contributed by atoms with Gasteiger partial charge >= 0.3 is 5.97 Å². The van der Waals surface area contributed by atoms with Crippen LogP contribution in [-0.4, -0.2) is 12.2 Å². The molecule has 0 aromatic heterocycles. The first-order valence-electron chi connectivity index (χ1n) is 13.0. The number of carbonyl (C=O) groups excluding carboxylic acids is 1. The molecule has 0 aliphatic carbocycles. The van der Waals surface area contributed by atoms with Gasteiger partial charge in [-0.3, -0.25) is 0 Å². The predicted molar refractivity (Wildman–Crippen MR) is 177 cm³/mol. The number of hydrogen-bond donors (Lipinski definition) is 1. The van der Waals surface area contributed by atoms with Crippen molar-refractivity contribution < 1.29 is 9.53 Å². The van der Waals surface area contributed by atoms with E-state index in [1.165, 1.54) is 9.78 Å². The molecule has 0 atom stereocenters. The summed E-state index contributed by atoms with van der Waals surface area (Å²) in [4.78, 5) is 13.8. The van der Waals surface area contributed by atoms with Crippen LogP contribution in [0.15, 0.2) is 140 Å². The maximum absolute atomic E-state index is 11.6. The van der Waals surface area contributed by atoms with E-state index < -0.39 is 5.97 Å². The second-order valence-corrected chi connectivity index (χ2v) is 10.5. The highest BCUT2D eigenvalue weighted by atomic mass is 127. The Bertz CT molecular complexity index is 1680. The van der Waals surface area contributed by atoms with Gasteiger partial charge in [0.05, 0.1) is 0 Å². The number of anilines is 3. The average Bonchev–Trinajstić information content (AvgIpc) is 3.03. The van der Waals surface area contributed by atoms with Gasteiger partial charge in [-0.25, -0.2) is 4.79 Å². The van der Waals surface area contributed by atoms with Gasteiger partial charge in [-0.2, -0.15) is 0 Å². The van der Waals surface area contributed by atoms with Crippen molar-refractivity contribution in [3.8, 4) is 5.75 Å². The van der Waals surface area contributed by atoms with E-state index in [1.807, 2.05) is 54.6 Å². The van der Waals surface area contributed by atoms with Crippen molar-refractivity contribution in [2.75, 3.05) is 4.90 Å². The van der Waals surface area contributed by atoms with E-state index in [1.54, 1.807) is 12.1 Å². The number of carbonyl (C=O) groups is 1. The molecule has 0 spiro atoms. The first kappa shape index (κ1) is 27.8. The zero-order chi connectivity index (χ0) is 28.6. The first-order valence-corrected chi connectivity index (χ1v) is 14.1. The summed E-state index contributed by atoms with van der Waals surface area (Å²) in [6, 6.07) is 42.6. The highest BCUT2D eigenvalue weighted by Crippen LogP contribution is 2.35. The standard InChI is InChI=1S/C36H27IN2O2/c1-2-36(40)41-34-22-12-29(13-23-34)35(28-6-4-3-5-7-28)24-26-8-16-31(17-9-26)39(33-20-14-30(37)15-21-33)32-18-10-27(25-38)11-19-32/h2-25,38H,1H2. The minimum Gasteiger partial charge on any atom is -0.423 e. The van der Waals surface area contributed by atoms with Crippen LogP contribution in [0.4, 0.5) is 17.1 Å². The molecule has 200 valence electrons. The smallest absolute Gasteiger partial charge is 0.335 e. The van der Waals surface area contributed by atoms with E-state index in [0.717, 1.165) is 51.0 Å². The van der Waals surface area contributed by atoms with Crippen LogP contribution in [-0.2, 0) is 4.79 Å². The Balaban J connectivity index is 1.51. The number of ether oxygens (including phenoxy) is 1. The van der Waals surface area contributed by atoms with Crippen LogP contribution in [0.25, 0.3) is 11.6 Å². The maximum Gasteiger partial charge on any atom is 0.335 e. The molecular formula is C36H27IN2O2. The molecular weight excluding hydrogens is 619 g/mol. The number of hydrogen-bond acceptors (Lipinski definition) is 4. The second kappa shape index (κ2) is 13.1. The molecule has 0 radical (unpaired) electrons. The lowest BCUT2D eigenvalue weighted by atomic mass is 9.95. The van der Waals surface area contributed by atoms with Gasteiger partial charge in [0.15, 0.2) is 0 Å². The summed E-state index contributed by atoms with van der Waals surface area (Å²) in [6.45, 7) is 3.46. The molecule has 0 saturated carbocycles. The third kappa shape index (κ3) is 6.88. The molecule has 0 fully saturated rings. The quantitative estimate of drug-likeness (QED) is 0.0434. The van der Waals surface area contributed by atoms with Crippen molar-refractivity contribution in [3.63, 3.8) is 0 Å². The Morgan fingerprint density at radius 3 is 1.73 bits per heavy atom. The highest BCUT2D eigenvalue weighted by molar-refractivity contribution is 14.1. The summed E-state index contributed by atoms with van der Waals surface area (Å²) in [7, 11) is 0. The third-order valence-electron chi connectivity index (χ3n) is 6.50. The molecule has 0 unspecified atom stereocenters. The number of benzene rings is 5. The summed E-state index contributed by atoms with van der Waals surface area (Å²) in [5.41, 5.74) is 8.15. The Labute approximate surface area is 253 Å². The minimum atomic E-state index is -0.485. The second-order valence-electron chi connectivity index (χ2n) is 9.21. The number of nitrogens with zero attached hydrogens (tertiary/aromatic N) is 1. The molecule has 1 N–H and O–H groups in total. The van der Waals surface area contributed by atoms with Crippen LogP contribution < -0.4 is 9.64 Å². The van der Waals surface area contributed by atoms with Crippen LogP contribution in [0, 0.1) is 8.98 Å². The SMILES string of the molecule is C=CC(=O)Oc1ccc(C(=Cc2ccc(N(c3ccc(I)cc3)c3ccc(C=N)cc3)cc2)c2ccccc2)cc1. The van der Waals surface area contributed by atoms with E-state index in [2.05, 4.69) is 101 Å². The summed E-state index contributed by atoms with van der Waals surface area (Å²) < 4.78 is 6.43. The highest BCUT2D eigenvalue weighted by Gasteiger charge is 2.13. The van der Waals surface area contributed by atoms with Crippen molar-refractivity contribution in [2.24, 2.45) is 0 Å². The molecule has 5 rings (SSSR count).